The van der Waals surface area contributed by atoms with E-state index < -0.39 is 0 Å². The fourth-order valence-corrected chi connectivity index (χ4v) is 0.460. The number of rotatable bonds is 2. The standard InChI is InChI=1S/C7H14N2.H2O/c1-5(2)6(3)7(8)9-4;/h5-6,8H,4H2,1-3H3;1H2/t6-;/m0./s1. The van der Waals surface area contributed by atoms with Gasteiger partial charge in [0, 0.05) is 5.92 Å². The van der Waals surface area contributed by atoms with E-state index in [1.54, 1.807) is 0 Å². The largest absolute Gasteiger partial charge is 0.412 e. The zero-order valence-corrected chi connectivity index (χ0v) is 6.81. The molecule has 0 aromatic heterocycles. The summed E-state index contributed by atoms with van der Waals surface area (Å²) in [5.74, 6) is 1.12. The maximum Gasteiger partial charge on any atom is 0.122 e. The molecule has 3 heteroatoms. The Morgan fingerprint density at radius 3 is 1.90 bits per heavy atom. The van der Waals surface area contributed by atoms with Gasteiger partial charge in [-0.25, -0.2) is 4.99 Å². The third kappa shape index (κ3) is 3.35. The fourth-order valence-electron chi connectivity index (χ4n) is 0.460. The molecule has 3 N–H and O–H groups in total. The van der Waals surface area contributed by atoms with Crippen molar-refractivity contribution in [2.45, 2.75) is 20.8 Å². The van der Waals surface area contributed by atoms with Crippen LogP contribution in [0.25, 0.3) is 0 Å². The summed E-state index contributed by atoms with van der Waals surface area (Å²) in [6, 6.07) is 0. The Labute approximate surface area is 62.0 Å². The van der Waals surface area contributed by atoms with Gasteiger partial charge >= 0.3 is 0 Å². The predicted octanol–water partition coefficient (Wildman–Crippen LogP) is 1.13. The van der Waals surface area contributed by atoms with Crippen LogP contribution in [0.4, 0.5) is 0 Å². The van der Waals surface area contributed by atoms with Gasteiger partial charge in [0.25, 0.3) is 0 Å². The minimum atomic E-state index is 0. The molecule has 0 unspecified atom stereocenters. The number of nitrogens with one attached hydrogen (secondary N) is 1. The van der Waals surface area contributed by atoms with Crippen molar-refractivity contribution in [1.29, 1.82) is 5.41 Å². The molecule has 0 radical (unpaired) electrons. The normalized spacial score (nSPS) is 12.0. The summed E-state index contributed by atoms with van der Waals surface area (Å²) >= 11 is 0. The Balaban J connectivity index is 0. The predicted molar refractivity (Wildman–Crippen MR) is 44.9 cm³/mol. The Kier molecular flexibility index (Phi) is 6.15. The van der Waals surface area contributed by atoms with Gasteiger partial charge in [-0.1, -0.05) is 20.8 Å². The summed E-state index contributed by atoms with van der Waals surface area (Å²) in [5, 5.41) is 7.24. The molecule has 0 bridgehead atoms. The summed E-state index contributed by atoms with van der Waals surface area (Å²) in [6.45, 7) is 9.42. The molecule has 0 saturated carbocycles. The van der Waals surface area contributed by atoms with Gasteiger partial charge in [-0.2, -0.15) is 0 Å². The van der Waals surface area contributed by atoms with Crippen LogP contribution >= 0.6 is 0 Å². The number of hydrogen-bond donors (Lipinski definition) is 1. The molecule has 0 aromatic rings. The lowest BCUT2D eigenvalue weighted by atomic mass is 9.97. The molecular formula is C7H16N2O. The van der Waals surface area contributed by atoms with Gasteiger partial charge in [-0.05, 0) is 12.6 Å². The summed E-state index contributed by atoms with van der Waals surface area (Å²) in [7, 11) is 0. The molecule has 0 fully saturated rings. The van der Waals surface area contributed by atoms with Crippen LogP contribution < -0.4 is 0 Å². The first-order chi connectivity index (χ1) is 4.09. The van der Waals surface area contributed by atoms with Crippen LogP contribution in [0.1, 0.15) is 20.8 Å². The van der Waals surface area contributed by atoms with Crippen molar-refractivity contribution < 1.29 is 5.48 Å². The van der Waals surface area contributed by atoms with Crippen LogP contribution in [0.5, 0.6) is 0 Å². The van der Waals surface area contributed by atoms with Gasteiger partial charge in [-0.15, -0.1) is 0 Å². The second-order valence-electron chi connectivity index (χ2n) is 2.58. The van der Waals surface area contributed by atoms with Gasteiger partial charge < -0.3 is 5.48 Å². The smallest absolute Gasteiger partial charge is 0.122 e. The molecule has 10 heavy (non-hydrogen) atoms. The molecule has 60 valence electrons. The number of nitrogens with zero attached hydrogens (tertiary/aromatic N) is 1. The third-order valence-electron chi connectivity index (χ3n) is 1.60. The Bertz CT molecular complexity index is 121. The molecule has 0 aromatic carbocycles. The summed E-state index contributed by atoms with van der Waals surface area (Å²) in [4.78, 5) is 3.54. The number of hydrogen-bond acceptors (Lipinski definition) is 1. The lowest BCUT2D eigenvalue weighted by molar-refractivity contribution is 0.527. The molecule has 0 aliphatic heterocycles. The molecule has 0 saturated heterocycles. The van der Waals surface area contributed by atoms with Gasteiger partial charge in [0.05, 0.1) is 0 Å². The van der Waals surface area contributed by atoms with E-state index in [1.165, 1.54) is 0 Å². The molecule has 0 amide bonds. The summed E-state index contributed by atoms with van der Waals surface area (Å²) in [5.41, 5.74) is 0. The van der Waals surface area contributed by atoms with Gasteiger partial charge in [-0.3, -0.25) is 5.41 Å². The molecule has 0 spiro atoms. The highest BCUT2D eigenvalue weighted by atomic mass is 16.0. The lowest BCUT2D eigenvalue weighted by Gasteiger charge is -2.11. The van der Waals surface area contributed by atoms with E-state index in [0.717, 1.165) is 0 Å². The molecule has 1 atom stereocenters. The average molecular weight is 144 g/mol. The highest BCUT2D eigenvalue weighted by Crippen LogP contribution is 2.10. The Hall–Kier alpha value is -0.700. The average Bonchev–Trinajstić information content (AvgIpc) is 1.84. The first kappa shape index (κ1) is 12.0. The fraction of sp³-hybridized carbons (Fsp3) is 0.714. The van der Waals surface area contributed by atoms with E-state index in [0.29, 0.717) is 11.8 Å². The third-order valence-corrected chi connectivity index (χ3v) is 1.60. The van der Waals surface area contributed by atoms with E-state index in [-0.39, 0.29) is 11.4 Å². The Morgan fingerprint density at radius 2 is 1.80 bits per heavy atom. The maximum absolute atomic E-state index is 7.24. The maximum atomic E-state index is 7.24. The monoisotopic (exact) mass is 144 g/mol. The highest BCUT2D eigenvalue weighted by molar-refractivity contribution is 5.85. The molecule has 0 heterocycles. The van der Waals surface area contributed by atoms with Gasteiger partial charge in [0.2, 0.25) is 0 Å². The molecule has 0 aliphatic rings. The summed E-state index contributed by atoms with van der Waals surface area (Å²) < 4.78 is 0. The Morgan fingerprint density at radius 1 is 1.40 bits per heavy atom. The molecule has 3 nitrogen and oxygen atoms in total. The first-order valence-corrected chi connectivity index (χ1v) is 3.14. The quantitative estimate of drug-likeness (QED) is 0.446. The molecular weight excluding hydrogens is 128 g/mol. The number of aliphatic imine (C=N–C) groups is 1. The minimum absolute atomic E-state index is 0. The second kappa shape index (κ2) is 5.11. The van der Waals surface area contributed by atoms with Crippen molar-refractivity contribution in [3.63, 3.8) is 0 Å². The van der Waals surface area contributed by atoms with E-state index >= 15 is 0 Å². The van der Waals surface area contributed by atoms with E-state index in [1.807, 2.05) is 6.92 Å². The van der Waals surface area contributed by atoms with Gasteiger partial charge in [0.1, 0.15) is 5.84 Å². The van der Waals surface area contributed by atoms with Crippen molar-refractivity contribution in [1.82, 2.24) is 0 Å². The topological polar surface area (TPSA) is 67.7 Å². The van der Waals surface area contributed by atoms with Crippen molar-refractivity contribution >= 4 is 12.6 Å². The van der Waals surface area contributed by atoms with Crippen LogP contribution in [-0.4, -0.2) is 18.0 Å². The molecule has 0 aliphatic carbocycles. The van der Waals surface area contributed by atoms with E-state index in [9.17, 15) is 0 Å². The summed E-state index contributed by atoms with van der Waals surface area (Å²) in [6.07, 6.45) is 0. The van der Waals surface area contributed by atoms with Crippen LogP contribution in [0.2, 0.25) is 0 Å². The van der Waals surface area contributed by atoms with Crippen LogP contribution in [0, 0.1) is 17.2 Å². The van der Waals surface area contributed by atoms with Crippen molar-refractivity contribution in [2.75, 3.05) is 0 Å². The van der Waals surface area contributed by atoms with Crippen molar-refractivity contribution in [2.24, 2.45) is 16.8 Å². The van der Waals surface area contributed by atoms with Crippen LogP contribution in [0.15, 0.2) is 4.99 Å². The van der Waals surface area contributed by atoms with Crippen molar-refractivity contribution in [3.8, 4) is 0 Å². The zero-order chi connectivity index (χ0) is 7.44. The SMILES string of the molecule is C=NC(=N)[C@@H](C)C(C)C.O. The van der Waals surface area contributed by atoms with Gasteiger partial charge in [0.15, 0.2) is 0 Å². The van der Waals surface area contributed by atoms with Crippen LogP contribution in [-0.2, 0) is 0 Å². The second-order valence-corrected chi connectivity index (χ2v) is 2.58. The zero-order valence-electron chi connectivity index (χ0n) is 6.81. The number of amidine groups is 1. The highest BCUT2D eigenvalue weighted by Gasteiger charge is 2.10. The van der Waals surface area contributed by atoms with Crippen LogP contribution in [0.3, 0.4) is 0 Å². The van der Waals surface area contributed by atoms with Crippen molar-refractivity contribution in [3.05, 3.63) is 0 Å². The lowest BCUT2D eigenvalue weighted by Crippen LogP contribution is -2.13. The minimum Gasteiger partial charge on any atom is -0.412 e. The van der Waals surface area contributed by atoms with E-state index in [4.69, 9.17) is 5.41 Å². The molecule has 0 rings (SSSR count). The first-order valence-electron chi connectivity index (χ1n) is 3.14. The van der Waals surface area contributed by atoms with E-state index in [2.05, 4.69) is 25.6 Å².